The zero-order chi connectivity index (χ0) is 10.6. The van der Waals surface area contributed by atoms with E-state index in [-0.39, 0.29) is 12.4 Å². The Morgan fingerprint density at radius 3 is 2.86 bits per heavy atom. The van der Waals surface area contributed by atoms with E-state index < -0.39 is 0 Å². The van der Waals surface area contributed by atoms with Crippen LogP contribution in [0, 0.1) is 0 Å². The second kappa shape index (κ2) is 4.95. The molecule has 0 fully saturated rings. The van der Waals surface area contributed by atoms with Gasteiger partial charge in [-0.2, -0.15) is 0 Å². The molecule has 1 aromatic rings. The molecule has 1 aromatic heterocycles. The van der Waals surface area contributed by atoms with E-state index in [9.17, 15) is 4.79 Å². The van der Waals surface area contributed by atoms with Gasteiger partial charge in [-0.1, -0.05) is 0 Å². The molecule has 76 valence electrons. The number of carbonyl (C=O) groups is 1. The number of aromatic nitrogens is 1. The summed E-state index contributed by atoms with van der Waals surface area (Å²) in [5.74, 6) is 0.229. The van der Waals surface area contributed by atoms with Gasteiger partial charge in [0.1, 0.15) is 0 Å². The van der Waals surface area contributed by atoms with E-state index in [1.165, 1.54) is 14.2 Å². The molecule has 5 heteroatoms. The Balaban J connectivity index is 2.96. The van der Waals surface area contributed by atoms with Crippen LogP contribution in [0.2, 0.25) is 0 Å². The van der Waals surface area contributed by atoms with Crippen LogP contribution in [0.1, 0.15) is 5.69 Å². The summed E-state index contributed by atoms with van der Waals surface area (Å²) < 4.78 is 10.4. The summed E-state index contributed by atoms with van der Waals surface area (Å²) in [6.07, 6.45) is 1.71. The van der Waals surface area contributed by atoms with Crippen molar-refractivity contribution in [2.24, 2.45) is 0 Å². The maximum absolute atomic E-state index is 11.0. The fourth-order valence-electron chi connectivity index (χ4n) is 1.01. The van der Waals surface area contributed by atoms with Crippen molar-refractivity contribution in [2.45, 2.75) is 6.42 Å². The lowest BCUT2D eigenvalue weighted by Crippen LogP contribution is -2.07. The van der Waals surface area contributed by atoms with Gasteiger partial charge in [-0.3, -0.25) is 9.78 Å². The molecule has 0 atom stereocenters. The Labute approximate surface area is 90.4 Å². The van der Waals surface area contributed by atoms with Crippen LogP contribution in [0.3, 0.4) is 0 Å². The van der Waals surface area contributed by atoms with Gasteiger partial charge in [0.05, 0.1) is 30.8 Å². The minimum Gasteiger partial charge on any atom is -0.494 e. The van der Waals surface area contributed by atoms with Gasteiger partial charge in [-0.05, 0) is 22.0 Å². The molecular weight excluding hydrogens is 250 g/mol. The van der Waals surface area contributed by atoms with E-state index in [0.717, 1.165) is 4.47 Å². The SMILES string of the molecule is COC(=O)Cc1nccc(Br)c1OC. The normalized spacial score (nSPS) is 9.64. The molecule has 4 nitrogen and oxygen atoms in total. The zero-order valence-electron chi connectivity index (χ0n) is 7.91. The first kappa shape index (κ1) is 11.0. The highest BCUT2D eigenvalue weighted by Crippen LogP contribution is 2.27. The summed E-state index contributed by atoms with van der Waals surface area (Å²) in [6, 6.07) is 1.75. The molecule has 0 saturated heterocycles. The van der Waals surface area contributed by atoms with E-state index in [2.05, 4.69) is 25.7 Å². The van der Waals surface area contributed by atoms with Gasteiger partial charge in [-0.25, -0.2) is 0 Å². The number of nitrogens with zero attached hydrogens (tertiary/aromatic N) is 1. The van der Waals surface area contributed by atoms with E-state index in [0.29, 0.717) is 11.4 Å². The van der Waals surface area contributed by atoms with Gasteiger partial charge < -0.3 is 9.47 Å². The molecule has 14 heavy (non-hydrogen) atoms. The lowest BCUT2D eigenvalue weighted by molar-refractivity contribution is -0.139. The number of methoxy groups -OCH3 is 2. The summed E-state index contributed by atoms with van der Waals surface area (Å²) in [7, 11) is 2.87. The Hall–Kier alpha value is -1.10. The van der Waals surface area contributed by atoms with Crippen LogP contribution in [0.15, 0.2) is 16.7 Å². The minimum atomic E-state index is -0.339. The summed E-state index contributed by atoms with van der Waals surface area (Å²) in [4.78, 5) is 15.1. The van der Waals surface area contributed by atoms with Gasteiger partial charge in [0.2, 0.25) is 0 Å². The summed E-state index contributed by atoms with van der Waals surface area (Å²) in [5, 5.41) is 0. The van der Waals surface area contributed by atoms with Gasteiger partial charge in [0, 0.05) is 6.20 Å². The van der Waals surface area contributed by atoms with Crippen LogP contribution in [0.4, 0.5) is 0 Å². The number of ether oxygens (including phenoxy) is 2. The second-order valence-electron chi connectivity index (χ2n) is 2.53. The van der Waals surface area contributed by atoms with Crippen molar-refractivity contribution in [3.8, 4) is 5.75 Å². The Kier molecular flexibility index (Phi) is 3.88. The first-order chi connectivity index (χ1) is 6.69. The standard InChI is InChI=1S/C9H10BrNO3/c1-13-8(12)5-7-9(14-2)6(10)3-4-11-7/h3-4H,5H2,1-2H3. The first-order valence-corrected chi connectivity index (χ1v) is 4.72. The summed E-state index contributed by atoms with van der Waals surface area (Å²) >= 11 is 3.30. The van der Waals surface area contributed by atoms with Crippen LogP contribution < -0.4 is 4.74 Å². The van der Waals surface area contributed by atoms with E-state index >= 15 is 0 Å². The quantitative estimate of drug-likeness (QED) is 0.774. The fraction of sp³-hybridized carbons (Fsp3) is 0.333. The number of pyridine rings is 1. The largest absolute Gasteiger partial charge is 0.494 e. The highest BCUT2D eigenvalue weighted by atomic mass is 79.9. The van der Waals surface area contributed by atoms with Crippen LogP contribution in [0.5, 0.6) is 5.75 Å². The van der Waals surface area contributed by atoms with E-state index in [1.54, 1.807) is 12.3 Å². The van der Waals surface area contributed by atoms with Gasteiger partial charge in [-0.15, -0.1) is 0 Å². The molecule has 0 radical (unpaired) electrons. The van der Waals surface area contributed by atoms with Crippen molar-refractivity contribution in [3.63, 3.8) is 0 Å². The van der Waals surface area contributed by atoms with Crippen molar-refractivity contribution in [1.82, 2.24) is 4.98 Å². The molecule has 0 spiro atoms. The van der Waals surface area contributed by atoms with Gasteiger partial charge >= 0.3 is 5.97 Å². The molecule has 1 heterocycles. The molecule has 0 saturated carbocycles. The van der Waals surface area contributed by atoms with Crippen LogP contribution in [-0.2, 0) is 16.0 Å². The van der Waals surface area contributed by atoms with Crippen molar-refractivity contribution < 1.29 is 14.3 Å². The lowest BCUT2D eigenvalue weighted by atomic mass is 10.2. The molecule has 0 unspecified atom stereocenters. The molecule has 0 aromatic carbocycles. The average Bonchev–Trinajstić information content (AvgIpc) is 2.18. The Bertz CT molecular complexity index is 341. The molecule has 1 rings (SSSR count). The topological polar surface area (TPSA) is 48.4 Å². The Morgan fingerprint density at radius 2 is 2.29 bits per heavy atom. The predicted octanol–water partition coefficient (Wildman–Crippen LogP) is 1.57. The zero-order valence-corrected chi connectivity index (χ0v) is 9.50. The molecule has 0 aliphatic carbocycles. The van der Waals surface area contributed by atoms with Crippen molar-refractivity contribution in [1.29, 1.82) is 0 Å². The molecule has 0 bridgehead atoms. The third-order valence-corrected chi connectivity index (χ3v) is 2.30. The van der Waals surface area contributed by atoms with Crippen molar-refractivity contribution in [2.75, 3.05) is 14.2 Å². The number of hydrogen-bond donors (Lipinski definition) is 0. The predicted molar refractivity (Wildman–Crippen MR) is 54.2 cm³/mol. The van der Waals surface area contributed by atoms with E-state index in [4.69, 9.17) is 4.74 Å². The third-order valence-electron chi connectivity index (χ3n) is 1.67. The van der Waals surface area contributed by atoms with Crippen molar-refractivity contribution in [3.05, 3.63) is 22.4 Å². The van der Waals surface area contributed by atoms with Crippen molar-refractivity contribution >= 4 is 21.9 Å². The first-order valence-electron chi connectivity index (χ1n) is 3.93. The number of esters is 1. The maximum atomic E-state index is 11.0. The van der Waals surface area contributed by atoms with E-state index in [1.807, 2.05) is 0 Å². The van der Waals surface area contributed by atoms with Crippen LogP contribution in [-0.4, -0.2) is 25.2 Å². The highest BCUT2D eigenvalue weighted by molar-refractivity contribution is 9.10. The maximum Gasteiger partial charge on any atom is 0.311 e. The number of hydrogen-bond acceptors (Lipinski definition) is 4. The van der Waals surface area contributed by atoms with Gasteiger partial charge in [0.15, 0.2) is 5.75 Å². The minimum absolute atomic E-state index is 0.110. The lowest BCUT2D eigenvalue weighted by Gasteiger charge is -2.07. The fourth-order valence-corrected chi connectivity index (χ4v) is 1.52. The average molecular weight is 260 g/mol. The van der Waals surface area contributed by atoms with Gasteiger partial charge in [0.25, 0.3) is 0 Å². The smallest absolute Gasteiger partial charge is 0.311 e. The number of carbonyl (C=O) groups excluding carboxylic acids is 1. The summed E-state index contributed by atoms with van der Waals surface area (Å²) in [6.45, 7) is 0. The number of rotatable bonds is 3. The summed E-state index contributed by atoms with van der Waals surface area (Å²) in [5.41, 5.74) is 0.564. The van der Waals surface area contributed by atoms with Crippen LogP contribution >= 0.6 is 15.9 Å². The molecule has 0 amide bonds. The third kappa shape index (κ3) is 2.45. The van der Waals surface area contributed by atoms with Crippen LogP contribution in [0.25, 0.3) is 0 Å². The molecular formula is C9H10BrNO3. The molecule has 0 N–H and O–H groups in total. The second-order valence-corrected chi connectivity index (χ2v) is 3.38. The monoisotopic (exact) mass is 259 g/mol. The molecule has 0 aliphatic rings. The Morgan fingerprint density at radius 1 is 1.57 bits per heavy atom. The highest BCUT2D eigenvalue weighted by Gasteiger charge is 2.12. The molecule has 0 aliphatic heterocycles. The number of halogens is 1.